The molecule has 1 aliphatic rings. The number of aromatic nitrogens is 6. The number of furan rings is 1. The summed E-state index contributed by atoms with van der Waals surface area (Å²) in [5.74, 6) is 1.90. The molecule has 1 saturated heterocycles. The summed E-state index contributed by atoms with van der Waals surface area (Å²) in [5.41, 5.74) is 0. The van der Waals surface area contributed by atoms with Crippen molar-refractivity contribution in [2.75, 3.05) is 6.61 Å². The van der Waals surface area contributed by atoms with Crippen LogP contribution in [-0.2, 0) is 17.0 Å². The highest BCUT2D eigenvalue weighted by Crippen LogP contribution is 2.24. The molecule has 120 valence electrons. The third-order valence-corrected chi connectivity index (χ3v) is 4.37. The Morgan fingerprint density at radius 1 is 1.30 bits per heavy atom. The van der Waals surface area contributed by atoms with Crippen molar-refractivity contribution in [2.24, 2.45) is 0 Å². The van der Waals surface area contributed by atoms with E-state index >= 15 is 0 Å². The van der Waals surface area contributed by atoms with Gasteiger partial charge in [0.1, 0.15) is 0 Å². The second kappa shape index (κ2) is 6.50. The lowest BCUT2D eigenvalue weighted by molar-refractivity contribution is 0.0912. The van der Waals surface area contributed by atoms with Crippen LogP contribution in [0.5, 0.6) is 0 Å². The van der Waals surface area contributed by atoms with Crippen molar-refractivity contribution < 1.29 is 13.6 Å². The van der Waals surface area contributed by atoms with Gasteiger partial charge in [-0.25, -0.2) is 4.68 Å². The van der Waals surface area contributed by atoms with Crippen LogP contribution in [0.25, 0.3) is 11.7 Å². The molecule has 3 aromatic heterocycles. The normalized spacial score (nSPS) is 17.8. The molecular weight excluding hydrogens is 320 g/mol. The minimum absolute atomic E-state index is 0.187. The number of hydrogen-bond acceptors (Lipinski definition) is 9. The predicted octanol–water partition coefficient (Wildman–Crippen LogP) is 1.79. The van der Waals surface area contributed by atoms with Gasteiger partial charge >= 0.3 is 0 Å². The molecule has 0 aliphatic carbocycles. The van der Waals surface area contributed by atoms with Gasteiger partial charge in [-0.05, 0) is 35.4 Å². The number of rotatable bonds is 6. The van der Waals surface area contributed by atoms with E-state index in [1.54, 1.807) is 23.1 Å². The van der Waals surface area contributed by atoms with Gasteiger partial charge in [-0.3, -0.25) is 0 Å². The summed E-state index contributed by atoms with van der Waals surface area (Å²) >= 11 is 1.45. The highest BCUT2D eigenvalue weighted by molar-refractivity contribution is 7.98. The third-order valence-electron chi connectivity index (χ3n) is 3.42. The van der Waals surface area contributed by atoms with Crippen LogP contribution in [0.2, 0.25) is 0 Å². The molecular formula is C13H14N6O3S. The molecule has 0 saturated carbocycles. The van der Waals surface area contributed by atoms with E-state index in [0.29, 0.717) is 35.0 Å². The Labute approximate surface area is 135 Å². The first-order chi connectivity index (χ1) is 11.4. The molecule has 0 bridgehead atoms. The van der Waals surface area contributed by atoms with Gasteiger partial charge in [0.05, 0.1) is 24.7 Å². The number of tetrazole rings is 1. The molecule has 1 fully saturated rings. The molecule has 4 rings (SSSR count). The first-order valence-corrected chi connectivity index (χ1v) is 8.24. The van der Waals surface area contributed by atoms with E-state index in [1.807, 2.05) is 0 Å². The van der Waals surface area contributed by atoms with Crippen LogP contribution in [0.4, 0.5) is 0 Å². The number of hydrogen-bond donors (Lipinski definition) is 0. The van der Waals surface area contributed by atoms with Crippen molar-refractivity contribution >= 4 is 11.8 Å². The molecule has 23 heavy (non-hydrogen) atoms. The molecule has 10 heteroatoms. The first-order valence-electron chi connectivity index (χ1n) is 7.25. The smallest absolute Gasteiger partial charge is 0.283 e. The van der Waals surface area contributed by atoms with E-state index < -0.39 is 0 Å². The van der Waals surface area contributed by atoms with Gasteiger partial charge in [0.25, 0.3) is 5.89 Å². The van der Waals surface area contributed by atoms with Gasteiger partial charge < -0.3 is 13.6 Å². The maximum atomic E-state index is 5.61. The van der Waals surface area contributed by atoms with Crippen LogP contribution in [-0.4, -0.2) is 43.1 Å². The summed E-state index contributed by atoms with van der Waals surface area (Å²) in [7, 11) is 0. The van der Waals surface area contributed by atoms with E-state index in [2.05, 4.69) is 25.7 Å². The summed E-state index contributed by atoms with van der Waals surface area (Å²) < 4.78 is 18.1. The maximum Gasteiger partial charge on any atom is 0.283 e. The Hall–Kier alpha value is -2.20. The fraction of sp³-hybridized carbons (Fsp3) is 0.462. The summed E-state index contributed by atoms with van der Waals surface area (Å²) in [4.78, 5) is 0. The predicted molar refractivity (Wildman–Crippen MR) is 78.4 cm³/mol. The van der Waals surface area contributed by atoms with Crippen LogP contribution in [0.15, 0.2) is 32.4 Å². The van der Waals surface area contributed by atoms with E-state index in [1.165, 1.54) is 11.8 Å². The fourth-order valence-corrected chi connectivity index (χ4v) is 3.06. The Bertz CT molecular complexity index is 749. The Kier molecular flexibility index (Phi) is 4.07. The zero-order valence-corrected chi connectivity index (χ0v) is 13.0. The van der Waals surface area contributed by atoms with E-state index in [0.717, 1.165) is 19.4 Å². The topological polar surface area (TPSA) is 105 Å². The molecule has 0 amide bonds. The van der Waals surface area contributed by atoms with Crippen molar-refractivity contribution in [3.05, 3.63) is 24.3 Å². The summed E-state index contributed by atoms with van der Waals surface area (Å²) in [5, 5.41) is 20.4. The van der Waals surface area contributed by atoms with Crippen molar-refractivity contribution in [1.29, 1.82) is 0 Å². The lowest BCUT2D eigenvalue weighted by Crippen LogP contribution is -2.16. The molecule has 0 aromatic carbocycles. The first kappa shape index (κ1) is 14.4. The quantitative estimate of drug-likeness (QED) is 0.624. The molecule has 0 N–H and O–H groups in total. The molecule has 1 aliphatic heterocycles. The number of ether oxygens (including phenoxy) is 1. The largest absolute Gasteiger partial charge is 0.459 e. The average Bonchev–Trinajstić information content (AvgIpc) is 3.34. The second-order valence-electron chi connectivity index (χ2n) is 5.05. The van der Waals surface area contributed by atoms with Crippen molar-refractivity contribution in [3.8, 4) is 11.7 Å². The fourth-order valence-electron chi connectivity index (χ4n) is 2.33. The molecule has 3 aromatic rings. The minimum Gasteiger partial charge on any atom is -0.459 e. The monoisotopic (exact) mass is 334 g/mol. The van der Waals surface area contributed by atoms with Gasteiger partial charge in [0.2, 0.25) is 11.0 Å². The van der Waals surface area contributed by atoms with Crippen LogP contribution in [0.1, 0.15) is 18.7 Å². The number of thioether (sulfide) groups is 1. The average molecular weight is 334 g/mol. The van der Waals surface area contributed by atoms with Crippen LogP contribution in [0, 0.1) is 0 Å². The third kappa shape index (κ3) is 3.27. The van der Waals surface area contributed by atoms with Gasteiger partial charge in [0, 0.05) is 6.61 Å². The van der Waals surface area contributed by atoms with Gasteiger partial charge in [-0.1, -0.05) is 11.8 Å². The van der Waals surface area contributed by atoms with Gasteiger partial charge in [0.15, 0.2) is 5.76 Å². The molecule has 0 spiro atoms. The molecule has 0 radical (unpaired) electrons. The van der Waals surface area contributed by atoms with Crippen molar-refractivity contribution in [3.63, 3.8) is 0 Å². The van der Waals surface area contributed by atoms with Crippen LogP contribution >= 0.6 is 11.8 Å². The van der Waals surface area contributed by atoms with Crippen LogP contribution < -0.4 is 0 Å². The Balaban J connectivity index is 1.38. The van der Waals surface area contributed by atoms with Crippen LogP contribution in [0.3, 0.4) is 0 Å². The van der Waals surface area contributed by atoms with Crippen molar-refractivity contribution in [2.45, 2.75) is 36.4 Å². The Morgan fingerprint density at radius 3 is 3.13 bits per heavy atom. The molecule has 0 unspecified atom stereocenters. The van der Waals surface area contributed by atoms with E-state index in [9.17, 15) is 0 Å². The second-order valence-corrected chi connectivity index (χ2v) is 5.99. The van der Waals surface area contributed by atoms with Gasteiger partial charge in [-0.15, -0.1) is 15.3 Å². The standard InChI is InChI=1S/C13H14N6O3S/c1-3-9(20-5-1)7-19-13(16-17-18-19)23-8-11-14-15-12(22-11)10-4-2-6-21-10/h2,4,6,9H,1,3,5,7-8H2/t9-/m1/s1. The summed E-state index contributed by atoms with van der Waals surface area (Å²) in [6, 6.07) is 3.54. The Morgan fingerprint density at radius 2 is 2.30 bits per heavy atom. The summed E-state index contributed by atoms with van der Waals surface area (Å²) in [6.07, 6.45) is 3.88. The highest BCUT2D eigenvalue weighted by Gasteiger charge is 2.19. The lowest BCUT2D eigenvalue weighted by Gasteiger charge is -2.09. The van der Waals surface area contributed by atoms with Gasteiger partial charge in [-0.2, -0.15) is 0 Å². The maximum absolute atomic E-state index is 5.61. The van der Waals surface area contributed by atoms with Crippen molar-refractivity contribution in [1.82, 2.24) is 30.4 Å². The SMILES string of the molecule is c1coc(-c2nnc(CSc3nnnn3C[C@H]3CCCO3)o2)c1. The summed E-state index contributed by atoms with van der Waals surface area (Å²) in [6.45, 7) is 1.48. The number of nitrogens with zero attached hydrogens (tertiary/aromatic N) is 6. The highest BCUT2D eigenvalue weighted by atomic mass is 32.2. The van der Waals surface area contributed by atoms with E-state index in [4.69, 9.17) is 13.6 Å². The minimum atomic E-state index is 0.187. The molecule has 4 heterocycles. The molecule has 1 atom stereocenters. The van der Waals surface area contributed by atoms with E-state index in [-0.39, 0.29) is 6.10 Å². The zero-order valence-electron chi connectivity index (χ0n) is 12.2. The molecule has 9 nitrogen and oxygen atoms in total. The zero-order chi connectivity index (χ0) is 15.5. The lowest BCUT2D eigenvalue weighted by atomic mass is 10.2.